The summed E-state index contributed by atoms with van der Waals surface area (Å²) in [5.74, 6) is 0. The minimum absolute atomic E-state index is 0.218. The molecule has 0 bridgehead atoms. The third-order valence-corrected chi connectivity index (χ3v) is 3.12. The Hall–Kier alpha value is -2.26. The van der Waals surface area contributed by atoms with Crippen molar-refractivity contribution < 1.29 is 4.79 Å². The second-order valence-electron chi connectivity index (χ2n) is 4.52. The molecule has 2 N–H and O–H groups in total. The Labute approximate surface area is 129 Å². The molecule has 0 unspecified atom stereocenters. The SMILES string of the molecule is O=C(N/C=C/c1cccc(Cl)c1)NCCc1ccccc1. The second-order valence-corrected chi connectivity index (χ2v) is 4.96. The van der Waals surface area contributed by atoms with Crippen LogP contribution in [0.2, 0.25) is 5.02 Å². The van der Waals surface area contributed by atoms with E-state index in [2.05, 4.69) is 10.6 Å². The number of hydrogen-bond donors (Lipinski definition) is 2. The molecule has 0 heterocycles. The van der Waals surface area contributed by atoms with Crippen LogP contribution in [0.1, 0.15) is 11.1 Å². The van der Waals surface area contributed by atoms with Gasteiger partial charge in [0.1, 0.15) is 0 Å². The highest BCUT2D eigenvalue weighted by atomic mass is 35.5. The predicted octanol–water partition coefficient (Wildman–Crippen LogP) is 3.85. The van der Waals surface area contributed by atoms with E-state index < -0.39 is 0 Å². The van der Waals surface area contributed by atoms with Gasteiger partial charge in [-0.15, -0.1) is 0 Å². The van der Waals surface area contributed by atoms with Crippen LogP contribution in [0.5, 0.6) is 0 Å². The van der Waals surface area contributed by atoms with Crippen LogP contribution in [0.25, 0.3) is 6.08 Å². The van der Waals surface area contributed by atoms with Crippen molar-refractivity contribution in [3.05, 3.63) is 76.9 Å². The second kappa shape index (κ2) is 8.12. The summed E-state index contributed by atoms with van der Waals surface area (Å²) in [6, 6.07) is 17.2. The highest BCUT2D eigenvalue weighted by molar-refractivity contribution is 6.30. The van der Waals surface area contributed by atoms with Crippen molar-refractivity contribution in [3.63, 3.8) is 0 Å². The number of carbonyl (C=O) groups excluding carboxylic acids is 1. The molecule has 2 aromatic rings. The maximum Gasteiger partial charge on any atom is 0.318 e. The van der Waals surface area contributed by atoms with Crippen molar-refractivity contribution in [2.75, 3.05) is 6.54 Å². The van der Waals surface area contributed by atoms with Crippen LogP contribution in [-0.4, -0.2) is 12.6 Å². The van der Waals surface area contributed by atoms with E-state index in [1.165, 1.54) is 5.56 Å². The monoisotopic (exact) mass is 300 g/mol. The molecule has 2 rings (SSSR count). The van der Waals surface area contributed by atoms with Gasteiger partial charge in [-0.2, -0.15) is 0 Å². The first-order valence-corrected chi connectivity index (χ1v) is 7.12. The average molecular weight is 301 g/mol. The maximum atomic E-state index is 11.6. The van der Waals surface area contributed by atoms with Gasteiger partial charge in [0, 0.05) is 17.8 Å². The first-order chi connectivity index (χ1) is 10.2. The van der Waals surface area contributed by atoms with E-state index in [0.29, 0.717) is 11.6 Å². The molecule has 0 spiro atoms. The minimum Gasteiger partial charge on any atom is -0.338 e. The molecule has 0 aliphatic carbocycles. The first-order valence-electron chi connectivity index (χ1n) is 6.74. The number of amides is 2. The van der Waals surface area contributed by atoms with E-state index in [9.17, 15) is 4.79 Å². The first kappa shape index (κ1) is 15.1. The Kier molecular flexibility index (Phi) is 5.85. The number of urea groups is 1. The standard InChI is InChI=1S/C17H17ClN2O/c18-16-8-4-7-15(13-16)10-12-20-17(21)19-11-9-14-5-2-1-3-6-14/h1-8,10,12-13H,9,11H2,(H2,19,20,21)/b12-10+. The number of halogens is 1. The quantitative estimate of drug-likeness (QED) is 0.865. The molecule has 0 saturated heterocycles. The molecule has 0 fully saturated rings. The van der Waals surface area contributed by atoms with Crippen LogP contribution in [0, 0.1) is 0 Å². The highest BCUT2D eigenvalue weighted by Crippen LogP contribution is 2.11. The molecule has 108 valence electrons. The van der Waals surface area contributed by atoms with Crippen LogP contribution < -0.4 is 10.6 Å². The zero-order valence-corrected chi connectivity index (χ0v) is 12.3. The number of hydrogen-bond acceptors (Lipinski definition) is 1. The van der Waals surface area contributed by atoms with E-state index in [0.717, 1.165) is 12.0 Å². The Morgan fingerprint density at radius 2 is 1.90 bits per heavy atom. The summed E-state index contributed by atoms with van der Waals surface area (Å²) in [6.07, 6.45) is 4.21. The zero-order chi connectivity index (χ0) is 14.9. The van der Waals surface area contributed by atoms with Gasteiger partial charge in [0.2, 0.25) is 0 Å². The van der Waals surface area contributed by atoms with Crippen molar-refractivity contribution in [2.24, 2.45) is 0 Å². The normalized spacial score (nSPS) is 10.5. The molecule has 0 saturated carbocycles. The van der Waals surface area contributed by atoms with Crippen molar-refractivity contribution in [1.82, 2.24) is 10.6 Å². The predicted molar refractivity (Wildman–Crippen MR) is 87.2 cm³/mol. The molecule has 3 nitrogen and oxygen atoms in total. The maximum absolute atomic E-state index is 11.6. The van der Waals surface area contributed by atoms with Crippen LogP contribution >= 0.6 is 11.6 Å². The van der Waals surface area contributed by atoms with Gasteiger partial charge in [-0.3, -0.25) is 0 Å². The van der Waals surface area contributed by atoms with Crippen LogP contribution in [-0.2, 0) is 6.42 Å². The van der Waals surface area contributed by atoms with Gasteiger partial charge < -0.3 is 10.6 Å². The fourth-order valence-corrected chi connectivity index (χ4v) is 2.04. The third kappa shape index (κ3) is 5.71. The smallest absolute Gasteiger partial charge is 0.318 e. The summed E-state index contributed by atoms with van der Waals surface area (Å²) in [5.41, 5.74) is 2.14. The van der Waals surface area contributed by atoms with Crippen LogP contribution in [0.15, 0.2) is 60.8 Å². The van der Waals surface area contributed by atoms with Gasteiger partial charge >= 0.3 is 6.03 Å². The molecular formula is C17H17ClN2O. The molecular weight excluding hydrogens is 284 g/mol. The lowest BCUT2D eigenvalue weighted by Crippen LogP contribution is -2.33. The van der Waals surface area contributed by atoms with E-state index in [1.807, 2.05) is 54.6 Å². The van der Waals surface area contributed by atoms with Gasteiger partial charge in [0.25, 0.3) is 0 Å². The van der Waals surface area contributed by atoms with E-state index in [-0.39, 0.29) is 6.03 Å². The van der Waals surface area contributed by atoms with Crippen molar-refractivity contribution in [2.45, 2.75) is 6.42 Å². The fourth-order valence-electron chi connectivity index (χ4n) is 1.84. The molecule has 21 heavy (non-hydrogen) atoms. The molecule has 2 aromatic carbocycles. The van der Waals surface area contributed by atoms with Crippen LogP contribution in [0.3, 0.4) is 0 Å². The zero-order valence-electron chi connectivity index (χ0n) is 11.6. The van der Waals surface area contributed by atoms with Gasteiger partial charge in [-0.25, -0.2) is 4.79 Å². The summed E-state index contributed by atoms with van der Waals surface area (Å²) in [4.78, 5) is 11.6. The summed E-state index contributed by atoms with van der Waals surface area (Å²) in [5, 5.41) is 6.14. The lowest BCUT2D eigenvalue weighted by molar-refractivity contribution is 0.244. The van der Waals surface area contributed by atoms with Gasteiger partial charge in [-0.05, 0) is 35.8 Å². The summed E-state index contributed by atoms with van der Waals surface area (Å²) in [7, 11) is 0. The molecule has 2 amide bonds. The molecule has 0 radical (unpaired) electrons. The average Bonchev–Trinajstić information content (AvgIpc) is 2.48. The minimum atomic E-state index is -0.218. The summed E-state index contributed by atoms with van der Waals surface area (Å²) < 4.78 is 0. The Morgan fingerprint density at radius 1 is 1.10 bits per heavy atom. The summed E-state index contributed by atoms with van der Waals surface area (Å²) in [6.45, 7) is 0.598. The van der Waals surface area contributed by atoms with Gasteiger partial charge in [0.15, 0.2) is 0 Å². The third-order valence-electron chi connectivity index (χ3n) is 2.88. The van der Waals surface area contributed by atoms with Crippen LogP contribution in [0.4, 0.5) is 4.79 Å². The number of rotatable bonds is 5. The molecule has 0 aliphatic rings. The van der Waals surface area contributed by atoms with E-state index in [4.69, 9.17) is 11.6 Å². The number of nitrogens with one attached hydrogen (secondary N) is 2. The Morgan fingerprint density at radius 3 is 2.67 bits per heavy atom. The lowest BCUT2D eigenvalue weighted by atomic mass is 10.1. The van der Waals surface area contributed by atoms with Gasteiger partial charge in [-0.1, -0.05) is 54.1 Å². The molecule has 0 atom stereocenters. The number of carbonyl (C=O) groups is 1. The topological polar surface area (TPSA) is 41.1 Å². The molecule has 0 aliphatic heterocycles. The largest absolute Gasteiger partial charge is 0.338 e. The van der Waals surface area contributed by atoms with Gasteiger partial charge in [0.05, 0.1) is 0 Å². The van der Waals surface area contributed by atoms with Crippen molar-refractivity contribution in [1.29, 1.82) is 0 Å². The summed E-state index contributed by atoms with van der Waals surface area (Å²) >= 11 is 5.88. The lowest BCUT2D eigenvalue weighted by Gasteiger charge is -2.04. The fraction of sp³-hybridized carbons (Fsp3) is 0.118. The van der Waals surface area contributed by atoms with E-state index >= 15 is 0 Å². The Balaban J connectivity index is 1.70. The highest BCUT2D eigenvalue weighted by Gasteiger charge is 1.97. The van der Waals surface area contributed by atoms with Crippen molar-refractivity contribution >= 4 is 23.7 Å². The molecule has 0 aromatic heterocycles. The van der Waals surface area contributed by atoms with Crippen molar-refractivity contribution in [3.8, 4) is 0 Å². The van der Waals surface area contributed by atoms with E-state index in [1.54, 1.807) is 12.3 Å². The Bertz CT molecular complexity index is 611. The number of benzene rings is 2. The molecule has 4 heteroatoms.